The average molecular weight is 370 g/mol. The van der Waals surface area contributed by atoms with E-state index >= 15 is 0 Å². The number of hydrogen-bond acceptors (Lipinski definition) is 7. The van der Waals surface area contributed by atoms with Crippen LogP contribution in [-0.4, -0.2) is 57.2 Å². The Kier molecular flexibility index (Phi) is 6.56. The number of methoxy groups -OCH3 is 1. The number of halogens is 1. The second-order valence-electron chi connectivity index (χ2n) is 4.75. The van der Waals surface area contributed by atoms with Gasteiger partial charge in [-0.15, -0.1) is 5.10 Å². The summed E-state index contributed by atoms with van der Waals surface area (Å²) in [6.45, 7) is 0. The number of carbonyl (C=O) groups excluding carboxylic acids is 2. The third-order valence-electron chi connectivity index (χ3n) is 3.20. The summed E-state index contributed by atoms with van der Waals surface area (Å²) in [5, 5.41) is 14.0. The normalized spacial score (nSPS) is 11.8. The van der Waals surface area contributed by atoms with Gasteiger partial charge in [0.1, 0.15) is 12.4 Å². The van der Waals surface area contributed by atoms with Crippen molar-refractivity contribution >= 4 is 35.2 Å². The van der Waals surface area contributed by atoms with Gasteiger partial charge in [-0.2, -0.15) is 16.4 Å². The highest BCUT2D eigenvalue weighted by Gasteiger charge is 2.23. The first-order chi connectivity index (χ1) is 11.6. The molecule has 24 heavy (non-hydrogen) atoms. The van der Waals surface area contributed by atoms with Gasteiger partial charge in [0.2, 0.25) is 0 Å². The van der Waals surface area contributed by atoms with Gasteiger partial charge >= 0.3 is 5.97 Å². The highest BCUT2D eigenvalue weighted by Crippen LogP contribution is 2.19. The number of benzene rings is 1. The van der Waals surface area contributed by atoms with Gasteiger partial charge in [0.15, 0.2) is 0 Å². The lowest BCUT2D eigenvalue weighted by molar-refractivity contribution is -0.142. The molecule has 0 aliphatic carbocycles. The van der Waals surface area contributed by atoms with Crippen LogP contribution in [0.1, 0.15) is 16.8 Å². The maximum absolute atomic E-state index is 12.6. The Labute approximate surface area is 147 Å². The molecule has 1 amide bonds. The second-order valence-corrected chi connectivity index (χ2v) is 6.17. The van der Waals surface area contributed by atoms with E-state index in [1.54, 1.807) is 30.0 Å². The van der Waals surface area contributed by atoms with Crippen molar-refractivity contribution in [2.24, 2.45) is 0 Å². The van der Waals surface area contributed by atoms with Gasteiger partial charge in [-0.05, 0) is 47.1 Å². The summed E-state index contributed by atoms with van der Waals surface area (Å²) in [6.07, 6.45) is 3.74. The summed E-state index contributed by atoms with van der Waals surface area (Å²) >= 11 is 7.57. The Morgan fingerprint density at radius 2 is 2.25 bits per heavy atom. The Hall–Kier alpha value is -2.13. The first kappa shape index (κ1) is 18.2. The number of thioether (sulfide) groups is 1. The number of rotatable bonds is 7. The largest absolute Gasteiger partial charge is 0.467 e. The van der Waals surface area contributed by atoms with Crippen molar-refractivity contribution < 1.29 is 14.3 Å². The smallest absolute Gasteiger partial charge is 0.328 e. The number of tetrazole rings is 1. The van der Waals surface area contributed by atoms with Gasteiger partial charge < -0.3 is 10.1 Å². The monoisotopic (exact) mass is 369 g/mol. The minimum atomic E-state index is -0.729. The van der Waals surface area contributed by atoms with E-state index in [4.69, 9.17) is 16.3 Å². The fourth-order valence-electron chi connectivity index (χ4n) is 2.02. The van der Waals surface area contributed by atoms with Gasteiger partial charge in [-0.1, -0.05) is 11.6 Å². The molecule has 8 nitrogen and oxygen atoms in total. The van der Waals surface area contributed by atoms with Crippen molar-refractivity contribution in [2.75, 3.05) is 19.1 Å². The van der Waals surface area contributed by atoms with Gasteiger partial charge in [-0.25, -0.2) is 4.79 Å². The lowest BCUT2D eigenvalue weighted by Crippen LogP contribution is -2.42. The molecule has 1 N–H and O–H groups in total. The molecule has 0 spiro atoms. The number of esters is 1. The summed E-state index contributed by atoms with van der Waals surface area (Å²) in [4.78, 5) is 24.5. The van der Waals surface area contributed by atoms with Crippen LogP contribution in [0.5, 0.6) is 0 Å². The number of hydrogen-bond donors (Lipinski definition) is 1. The number of nitrogens with zero attached hydrogens (tertiary/aromatic N) is 4. The molecule has 0 aliphatic heterocycles. The number of nitrogens with one attached hydrogen (secondary N) is 1. The predicted octanol–water partition coefficient (Wildman–Crippen LogP) is 1.34. The van der Waals surface area contributed by atoms with Crippen LogP contribution in [0.2, 0.25) is 5.02 Å². The van der Waals surface area contributed by atoms with E-state index in [2.05, 4.69) is 20.8 Å². The van der Waals surface area contributed by atoms with Crippen LogP contribution in [0.15, 0.2) is 24.5 Å². The van der Waals surface area contributed by atoms with Crippen molar-refractivity contribution in [3.05, 3.63) is 35.1 Å². The van der Waals surface area contributed by atoms with Crippen LogP contribution < -0.4 is 5.32 Å². The van der Waals surface area contributed by atoms with Gasteiger partial charge in [-0.3, -0.25) is 4.79 Å². The Morgan fingerprint density at radius 1 is 1.46 bits per heavy atom. The zero-order valence-corrected chi connectivity index (χ0v) is 14.7. The minimum absolute atomic E-state index is 0.296. The minimum Gasteiger partial charge on any atom is -0.467 e. The van der Waals surface area contributed by atoms with Crippen LogP contribution in [0.25, 0.3) is 5.69 Å². The highest BCUT2D eigenvalue weighted by molar-refractivity contribution is 7.98. The second kappa shape index (κ2) is 8.65. The van der Waals surface area contributed by atoms with Crippen LogP contribution >= 0.6 is 23.4 Å². The topological polar surface area (TPSA) is 99.0 Å². The van der Waals surface area contributed by atoms with E-state index in [-0.39, 0.29) is 0 Å². The fraction of sp³-hybridized carbons (Fsp3) is 0.357. The molecule has 0 aliphatic rings. The van der Waals surface area contributed by atoms with Crippen molar-refractivity contribution in [1.29, 1.82) is 0 Å². The maximum Gasteiger partial charge on any atom is 0.328 e. The molecule has 1 heterocycles. The van der Waals surface area contributed by atoms with E-state index in [1.807, 2.05) is 6.26 Å². The SMILES string of the molecule is COC(=O)C(CCSC)NC(=O)c1ccc(Cl)cc1-n1cnnn1. The molecule has 0 radical (unpaired) electrons. The predicted molar refractivity (Wildman–Crippen MR) is 90.4 cm³/mol. The van der Waals surface area contributed by atoms with Gasteiger partial charge in [0, 0.05) is 5.02 Å². The zero-order chi connectivity index (χ0) is 17.5. The molecule has 1 unspecified atom stereocenters. The Balaban J connectivity index is 2.27. The molecule has 1 aromatic heterocycles. The van der Waals surface area contributed by atoms with Crippen molar-refractivity contribution in [3.63, 3.8) is 0 Å². The van der Waals surface area contributed by atoms with Gasteiger partial charge in [0.05, 0.1) is 18.4 Å². The highest BCUT2D eigenvalue weighted by atomic mass is 35.5. The average Bonchev–Trinajstić information content (AvgIpc) is 3.12. The molecule has 2 aromatic rings. The standard InChI is InChI=1S/C14H16ClN5O3S/c1-23-14(22)11(5-6-24-2)17-13(21)10-4-3-9(15)7-12(10)20-8-16-18-19-20/h3-4,7-8,11H,5-6H2,1-2H3,(H,17,21). The third-order valence-corrected chi connectivity index (χ3v) is 4.08. The third kappa shape index (κ3) is 4.45. The molecule has 0 saturated heterocycles. The summed E-state index contributed by atoms with van der Waals surface area (Å²) < 4.78 is 6.08. The number of carbonyl (C=O) groups is 2. The fourth-order valence-corrected chi connectivity index (χ4v) is 2.66. The molecule has 2 rings (SSSR count). The number of ether oxygens (including phenoxy) is 1. The molecule has 0 saturated carbocycles. The molecule has 10 heteroatoms. The van der Waals surface area contributed by atoms with E-state index in [9.17, 15) is 9.59 Å². The summed E-state index contributed by atoms with van der Waals surface area (Å²) in [7, 11) is 1.29. The van der Waals surface area contributed by atoms with E-state index in [0.29, 0.717) is 28.4 Å². The lowest BCUT2D eigenvalue weighted by Gasteiger charge is -2.17. The lowest BCUT2D eigenvalue weighted by atomic mass is 10.1. The van der Waals surface area contributed by atoms with Crippen molar-refractivity contribution in [2.45, 2.75) is 12.5 Å². The molecular formula is C14H16ClN5O3S. The van der Waals surface area contributed by atoms with E-state index in [0.717, 1.165) is 0 Å². The molecular weight excluding hydrogens is 354 g/mol. The Bertz CT molecular complexity index is 710. The zero-order valence-electron chi connectivity index (χ0n) is 13.1. The molecule has 1 aromatic carbocycles. The van der Waals surface area contributed by atoms with Crippen LogP contribution in [-0.2, 0) is 9.53 Å². The first-order valence-electron chi connectivity index (χ1n) is 6.97. The molecule has 0 fully saturated rings. The van der Waals surface area contributed by atoms with Gasteiger partial charge in [0.25, 0.3) is 5.91 Å². The van der Waals surface area contributed by atoms with Crippen molar-refractivity contribution in [3.8, 4) is 5.69 Å². The van der Waals surface area contributed by atoms with Crippen LogP contribution in [0.3, 0.4) is 0 Å². The first-order valence-corrected chi connectivity index (χ1v) is 8.74. The maximum atomic E-state index is 12.6. The summed E-state index contributed by atoms with van der Waals surface area (Å²) in [6, 6.07) is 3.98. The molecule has 0 bridgehead atoms. The molecule has 128 valence electrons. The number of aromatic nitrogens is 4. The van der Waals surface area contributed by atoms with Crippen molar-refractivity contribution in [1.82, 2.24) is 25.5 Å². The quantitative estimate of drug-likeness (QED) is 0.735. The van der Waals surface area contributed by atoms with Crippen LogP contribution in [0, 0.1) is 0 Å². The Morgan fingerprint density at radius 3 is 2.88 bits per heavy atom. The van der Waals surface area contributed by atoms with E-state index in [1.165, 1.54) is 18.1 Å². The summed E-state index contributed by atoms with van der Waals surface area (Å²) in [5.74, 6) is -0.218. The molecule has 1 atom stereocenters. The summed E-state index contributed by atoms with van der Waals surface area (Å²) in [5.41, 5.74) is 0.711. The number of amides is 1. The van der Waals surface area contributed by atoms with E-state index < -0.39 is 17.9 Å². The van der Waals surface area contributed by atoms with Crippen LogP contribution in [0.4, 0.5) is 0 Å².